The predicted octanol–water partition coefficient (Wildman–Crippen LogP) is 2.65. The topological polar surface area (TPSA) is 109 Å². The molecular weight excluding hydrogens is 322 g/mol. The Bertz CT molecular complexity index is 841. The number of hydrogen-bond acceptors (Lipinski definition) is 6. The molecule has 0 saturated heterocycles. The van der Waals surface area contributed by atoms with Gasteiger partial charge in [-0.1, -0.05) is 0 Å². The van der Waals surface area contributed by atoms with E-state index < -0.39 is 24.3 Å². The molecule has 0 aliphatic rings. The van der Waals surface area contributed by atoms with E-state index in [0.29, 0.717) is 17.8 Å². The molecule has 2 aromatic rings. The molecule has 0 unspecified atom stereocenters. The lowest BCUT2D eigenvalue weighted by Crippen LogP contribution is -2.25. The lowest BCUT2D eigenvalue weighted by molar-refractivity contribution is -0.122. The molecule has 0 aliphatic heterocycles. The van der Waals surface area contributed by atoms with E-state index in [0.717, 1.165) is 11.5 Å². The van der Waals surface area contributed by atoms with Crippen molar-refractivity contribution in [1.29, 1.82) is 10.7 Å². The molecule has 0 saturated carbocycles. The van der Waals surface area contributed by atoms with Gasteiger partial charge in [0.2, 0.25) is 0 Å². The molecular formula is C18H19N3O4. The molecule has 0 fully saturated rings. The summed E-state index contributed by atoms with van der Waals surface area (Å²) in [5.74, 6) is -1.66. The molecule has 2 aromatic heterocycles. The number of carbonyl (C=O) groups excluding carboxylic acids is 2. The first-order valence-corrected chi connectivity index (χ1v) is 7.68. The van der Waals surface area contributed by atoms with Gasteiger partial charge in [0.05, 0.1) is 24.4 Å². The van der Waals surface area contributed by atoms with Crippen LogP contribution in [0.3, 0.4) is 0 Å². The minimum Gasteiger partial charge on any atom is -0.467 e. The van der Waals surface area contributed by atoms with Crippen molar-refractivity contribution in [2.75, 3.05) is 6.61 Å². The fraction of sp³-hybridized carbons (Fsp3) is 0.333. The summed E-state index contributed by atoms with van der Waals surface area (Å²) in [7, 11) is 0. The van der Waals surface area contributed by atoms with Crippen LogP contribution in [0.15, 0.2) is 28.9 Å². The normalized spacial score (nSPS) is 11.6. The molecule has 2 heterocycles. The smallest absolute Gasteiger partial charge is 0.340 e. The summed E-state index contributed by atoms with van der Waals surface area (Å²) in [5, 5.41) is 16.3. The Labute approximate surface area is 145 Å². The van der Waals surface area contributed by atoms with Crippen molar-refractivity contribution in [3.8, 4) is 6.07 Å². The number of Topliss-reactive ketones (excluding diaryl/α,β-unsaturated/α-hetero) is 1. The van der Waals surface area contributed by atoms with E-state index in [2.05, 4.69) is 0 Å². The van der Waals surface area contributed by atoms with Gasteiger partial charge in [0, 0.05) is 17.1 Å². The Hall–Kier alpha value is -3.14. The van der Waals surface area contributed by atoms with Gasteiger partial charge in [-0.15, -0.1) is 0 Å². The van der Waals surface area contributed by atoms with Crippen LogP contribution in [0.1, 0.15) is 34.4 Å². The lowest BCUT2D eigenvalue weighted by atomic mass is 10.0. The second kappa shape index (κ2) is 7.62. The summed E-state index contributed by atoms with van der Waals surface area (Å²) in [4.78, 5) is 24.1. The van der Waals surface area contributed by atoms with Crippen LogP contribution in [0.4, 0.5) is 0 Å². The van der Waals surface area contributed by atoms with Gasteiger partial charge in [0.15, 0.2) is 12.4 Å². The molecule has 7 heteroatoms. The summed E-state index contributed by atoms with van der Waals surface area (Å²) in [6, 6.07) is 7.06. The number of aryl methyl sites for hydroxylation is 1. The molecule has 0 amide bonds. The van der Waals surface area contributed by atoms with Crippen molar-refractivity contribution >= 4 is 17.5 Å². The zero-order valence-electron chi connectivity index (χ0n) is 14.3. The largest absolute Gasteiger partial charge is 0.467 e. The van der Waals surface area contributed by atoms with Crippen LogP contribution in [0.25, 0.3) is 0 Å². The number of furan rings is 1. The van der Waals surface area contributed by atoms with Gasteiger partial charge in [0.1, 0.15) is 11.7 Å². The molecule has 2 rings (SSSR count). The number of ether oxygens (including phenoxy) is 1. The number of nitriles is 1. The van der Waals surface area contributed by atoms with E-state index in [1.54, 1.807) is 31.4 Å². The van der Waals surface area contributed by atoms with Crippen LogP contribution in [0.2, 0.25) is 0 Å². The van der Waals surface area contributed by atoms with E-state index in [-0.39, 0.29) is 5.71 Å². The number of esters is 1. The monoisotopic (exact) mass is 341 g/mol. The van der Waals surface area contributed by atoms with Gasteiger partial charge < -0.3 is 19.1 Å². The fourth-order valence-electron chi connectivity index (χ4n) is 2.52. The first-order chi connectivity index (χ1) is 11.8. The number of nitrogens with zero attached hydrogens (tertiary/aromatic N) is 2. The molecule has 0 spiro atoms. The molecule has 0 aromatic carbocycles. The molecule has 0 radical (unpaired) electrons. The Morgan fingerprint density at radius 1 is 1.44 bits per heavy atom. The third-order valence-electron chi connectivity index (χ3n) is 3.92. The van der Waals surface area contributed by atoms with Crippen molar-refractivity contribution < 1.29 is 18.7 Å². The molecule has 1 atom stereocenters. The Morgan fingerprint density at radius 3 is 2.72 bits per heavy atom. The first kappa shape index (κ1) is 18.2. The minimum absolute atomic E-state index is 0.0693. The number of aromatic nitrogens is 1. The van der Waals surface area contributed by atoms with Crippen molar-refractivity contribution in [3.05, 3.63) is 47.2 Å². The minimum atomic E-state index is -1.18. The maximum Gasteiger partial charge on any atom is 0.340 e. The van der Waals surface area contributed by atoms with E-state index in [1.165, 1.54) is 6.92 Å². The second-order valence-corrected chi connectivity index (χ2v) is 5.74. The van der Waals surface area contributed by atoms with Crippen LogP contribution in [-0.2, 0) is 16.1 Å². The van der Waals surface area contributed by atoms with E-state index >= 15 is 0 Å². The Balaban J connectivity index is 2.09. The SMILES string of the molecule is CC(=N)[C@H](C#N)C(=O)COC(=O)c1cc(C)n(Cc2ccco2)c1C. The number of ketones is 1. The average molecular weight is 341 g/mol. The van der Waals surface area contributed by atoms with Crippen molar-refractivity contribution in [1.82, 2.24) is 4.57 Å². The molecule has 25 heavy (non-hydrogen) atoms. The van der Waals surface area contributed by atoms with Crippen LogP contribution in [0, 0.1) is 36.5 Å². The highest BCUT2D eigenvalue weighted by Crippen LogP contribution is 2.18. The van der Waals surface area contributed by atoms with Gasteiger partial charge in [-0.05, 0) is 39.0 Å². The quantitative estimate of drug-likeness (QED) is 0.615. The molecule has 7 nitrogen and oxygen atoms in total. The standard InChI is InChI=1S/C18H19N3O4/c1-11-7-15(13(3)21(11)9-14-5-4-6-24-14)18(23)25-10-17(22)16(8-19)12(2)20/h4-7,16,20H,9-10H2,1-3H3/t16-/m0/s1. The number of rotatable bonds is 7. The van der Waals surface area contributed by atoms with E-state index in [1.807, 2.05) is 17.6 Å². The number of carbonyl (C=O) groups is 2. The first-order valence-electron chi connectivity index (χ1n) is 7.68. The lowest BCUT2D eigenvalue weighted by Gasteiger charge is -2.09. The second-order valence-electron chi connectivity index (χ2n) is 5.74. The zero-order chi connectivity index (χ0) is 18.6. The highest BCUT2D eigenvalue weighted by molar-refractivity contribution is 6.06. The fourth-order valence-corrected chi connectivity index (χ4v) is 2.52. The van der Waals surface area contributed by atoms with Crippen molar-refractivity contribution in [2.24, 2.45) is 5.92 Å². The summed E-state index contributed by atoms with van der Waals surface area (Å²) < 4.78 is 12.3. The Morgan fingerprint density at radius 2 is 2.16 bits per heavy atom. The molecule has 1 N–H and O–H groups in total. The molecule has 0 aliphatic carbocycles. The van der Waals surface area contributed by atoms with E-state index in [9.17, 15) is 9.59 Å². The number of hydrogen-bond donors (Lipinski definition) is 1. The van der Waals surface area contributed by atoms with Crippen LogP contribution < -0.4 is 0 Å². The van der Waals surface area contributed by atoms with E-state index in [4.69, 9.17) is 19.8 Å². The van der Waals surface area contributed by atoms with Crippen LogP contribution in [0.5, 0.6) is 0 Å². The third-order valence-corrected chi connectivity index (χ3v) is 3.92. The van der Waals surface area contributed by atoms with Crippen LogP contribution in [-0.4, -0.2) is 28.6 Å². The summed E-state index contributed by atoms with van der Waals surface area (Å²) >= 11 is 0. The average Bonchev–Trinajstić information content (AvgIpc) is 3.16. The van der Waals surface area contributed by atoms with Gasteiger partial charge in [-0.3, -0.25) is 4.79 Å². The highest BCUT2D eigenvalue weighted by Gasteiger charge is 2.23. The zero-order valence-corrected chi connectivity index (χ0v) is 14.3. The molecule has 130 valence electrons. The van der Waals surface area contributed by atoms with Crippen LogP contribution >= 0.6 is 0 Å². The maximum atomic E-state index is 12.3. The van der Waals surface area contributed by atoms with Crippen molar-refractivity contribution in [2.45, 2.75) is 27.3 Å². The highest BCUT2D eigenvalue weighted by atomic mass is 16.5. The van der Waals surface area contributed by atoms with Gasteiger partial charge in [0.25, 0.3) is 0 Å². The maximum absolute atomic E-state index is 12.3. The summed E-state index contributed by atoms with van der Waals surface area (Å²) in [6.45, 7) is 4.97. The number of nitrogens with one attached hydrogen (secondary N) is 1. The summed E-state index contributed by atoms with van der Waals surface area (Å²) in [6.07, 6.45) is 1.58. The predicted molar refractivity (Wildman–Crippen MR) is 89.5 cm³/mol. The van der Waals surface area contributed by atoms with Gasteiger partial charge >= 0.3 is 5.97 Å². The molecule has 0 bridgehead atoms. The third kappa shape index (κ3) is 4.04. The Kier molecular flexibility index (Phi) is 5.55. The van der Waals surface area contributed by atoms with Crippen molar-refractivity contribution in [3.63, 3.8) is 0 Å². The van der Waals surface area contributed by atoms with Gasteiger partial charge in [-0.25, -0.2) is 4.79 Å². The van der Waals surface area contributed by atoms with Gasteiger partial charge in [-0.2, -0.15) is 5.26 Å². The summed E-state index contributed by atoms with van der Waals surface area (Å²) in [5.41, 5.74) is 1.85.